The lowest BCUT2D eigenvalue weighted by molar-refractivity contribution is -0.120. The number of unbranched alkanes of at least 4 members (excludes halogenated alkanes) is 3. The maximum absolute atomic E-state index is 10.9. The van der Waals surface area contributed by atoms with E-state index in [1.165, 1.54) is 25.8 Å². The van der Waals surface area contributed by atoms with E-state index in [-0.39, 0.29) is 5.91 Å². The van der Waals surface area contributed by atoms with Gasteiger partial charge in [-0.2, -0.15) is 0 Å². The number of hydrogen-bond donors (Lipinski definition) is 1. The van der Waals surface area contributed by atoms with Gasteiger partial charge in [-0.15, -0.1) is 13.2 Å². The highest BCUT2D eigenvalue weighted by molar-refractivity contribution is 5.75. The average Bonchev–Trinajstić information content (AvgIpc) is 2.40. The largest absolute Gasteiger partial charge is 0.359 e. The van der Waals surface area contributed by atoms with Crippen LogP contribution in [0.5, 0.6) is 0 Å². The van der Waals surface area contributed by atoms with Crippen LogP contribution in [0.2, 0.25) is 0 Å². The average molecular weight is 242 g/mol. The zero-order valence-electron chi connectivity index (χ0n) is 11.9. The molecule has 0 aromatic carbocycles. The lowest BCUT2D eigenvalue weighted by Crippen LogP contribution is -2.23. The fraction of sp³-hybridized carbons (Fsp3) is 0.786. The predicted octanol–water partition coefficient (Wildman–Crippen LogP) is 2.83. The van der Waals surface area contributed by atoms with Gasteiger partial charge < -0.3 is 10.2 Å². The fourth-order valence-electron chi connectivity index (χ4n) is 1.64. The number of hydrogen-bond acceptors (Lipinski definition) is 2. The van der Waals surface area contributed by atoms with Gasteiger partial charge in [0.15, 0.2) is 0 Å². The Morgan fingerprint density at radius 1 is 1.06 bits per heavy atom. The van der Waals surface area contributed by atoms with Gasteiger partial charge in [0.25, 0.3) is 0 Å². The molecule has 102 valence electrons. The monoisotopic (exact) mass is 242 g/mol. The van der Waals surface area contributed by atoms with Gasteiger partial charge in [-0.1, -0.05) is 26.7 Å². The van der Waals surface area contributed by atoms with Crippen molar-refractivity contribution in [2.75, 3.05) is 26.7 Å². The molecule has 0 aliphatic carbocycles. The van der Waals surface area contributed by atoms with E-state index in [1.807, 2.05) is 0 Å². The van der Waals surface area contributed by atoms with Crippen molar-refractivity contribution in [3.05, 3.63) is 13.2 Å². The van der Waals surface area contributed by atoms with Gasteiger partial charge >= 0.3 is 0 Å². The molecule has 0 aliphatic heterocycles. The first-order valence-electron chi connectivity index (χ1n) is 6.67. The van der Waals surface area contributed by atoms with E-state index in [9.17, 15) is 4.79 Å². The summed E-state index contributed by atoms with van der Waals surface area (Å²) in [6.45, 7) is 13.9. The van der Waals surface area contributed by atoms with E-state index >= 15 is 0 Å². The molecule has 17 heavy (non-hydrogen) atoms. The second-order valence-corrected chi connectivity index (χ2v) is 3.86. The van der Waals surface area contributed by atoms with E-state index in [0.717, 1.165) is 19.5 Å². The van der Waals surface area contributed by atoms with Crippen LogP contribution >= 0.6 is 0 Å². The molecule has 0 rings (SSSR count). The molecule has 0 saturated carbocycles. The molecule has 0 saturated heterocycles. The van der Waals surface area contributed by atoms with E-state index in [4.69, 9.17) is 0 Å². The molecule has 0 aliphatic rings. The maximum Gasteiger partial charge on any atom is 0.219 e. The molecule has 0 unspecified atom stereocenters. The Morgan fingerprint density at radius 3 is 2.06 bits per heavy atom. The molecule has 3 heteroatoms. The van der Waals surface area contributed by atoms with E-state index in [1.54, 1.807) is 7.05 Å². The molecule has 0 atom stereocenters. The van der Waals surface area contributed by atoms with Crippen LogP contribution < -0.4 is 5.32 Å². The van der Waals surface area contributed by atoms with Crippen LogP contribution in [-0.4, -0.2) is 37.5 Å². The number of nitrogens with zero attached hydrogens (tertiary/aromatic N) is 1. The quantitative estimate of drug-likeness (QED) is 0.498. The minimum atomic E-state index is 0.166. The first-order valence-corrected chi connectivity index (χ1v) is 6.67. The Hall–Kier alpha value is -0.830. The summed E-state index contributed by atoms with van der Waals surface area (Å²) in [5.41, 5.74) is 0. The number of nitrogens with one attached hydrogen (secondary N) is 1. The highest BCUT2D eigenvalue weighted by atomic mass is 16.1. The van der Waals surface area contributed by atoms with Crippen molar-refractivity contribution in [2.24, 2.45) is 0 Å². The topological polar surface area (TPSA) is 32.3 Å². The van der Waals surface area contributed by atoms with Crippen molar-refractivity contribution < 1.29 is 4.79 Å². The van der Waals surface area contributed by atoms with Crippen LogP contribution in [-0.2, 0) is 4.79 Å². The SMILES string of the molecule is C=C.CCN(CC)CCCCCCC(=O)NC. The number of rotatable bonds is 9. The van der Waals surface area contributed by atoms with Crippen LogP contribution in [0, 0.1) is 0 Å². The van der Waals surface area contributed by atoms with Gasteiger partial charge in [-0.3, -0.25) is 4.79 Å². The Labute approximate surface area is 107 Å². The smallest absolute Gasteiger partial charge is 0.219 e. The van der Waals surface area contributed by atoms with Crippen LogP contribution in [0.3, 0.4) is 0 Å². The number of carbonyl (C=O) groups is 1. The second-order valence-electron chi connectivity index (χ2n) is 3.86. The van der Waals surface area contributed by atoms with Crippen molar-refractivity contribution >= 4 is 5.91 Å². The first-order chi connectivity index (χ1) is 8.24. The van der Waals surface area contributed by atoms with Gasteiger partial charge in [0.2, 0.25) is 5.91 Å². The lowest BCUT2D eigenvalue weighted by Gasteiger charge is -2.17. The summed E-state index contributed by atoms with van der Waals surface area (Å²) >= 11 is 0. The number of amides is 1. The second kappa shape index (κ2) is 15.2. The Bertz CT molecular complexity index is 168. The fourth-order valence-corrected chi connectivity index (χ4v) is 1.64. The summed E-state index contributed by atoms with van der Waals surface area (Å²) in [5, 5.41) is 2.65. The maximum atomic E-state index is 10.9. The van der Waals surface area contributed by atoms with E-state index < -0.39 is 0 Å². The minimum absolute atomic E-state index is 0.166. The number of carbonyl (C=O) groups excluding carboxylic acids is 1. The van der Waals surface area contributed by atoms with Gasteiger partial charge in [-0.25, -0.2) is 0 Å². The summed E-state index contributed by atoms with van der Waals surface area (Å²) in [6, 6.07) is 0. The highest BCUT2D eigenvalue weighted by Gasteiger charge is 1.99. The molecule has 0 spiro atoms. The van der Waals surface area contributed by atoms with Crippen molar-refractivity contribution in [1.82, 2.24) is 10.2 Å². The van der Waals surface area contributed by atoms with Crippen molar-refractivity contribution in [3.8, 4) is 0 Å². The summed E-state index contributed by atoms with van der Waals surface area (Å²) in [5.74, 6) is 0.166. The standard InChI is InChI=1S/C12H26N2O.C2H4/c1-4-14(5-2)11-9-7-6-8-10-12(15)13-3;1-2/h4-11H2,1-3H3,(H,13,15);1-2H2. The first kappa shape index (κ1) is 18.5. The normalized spacial score (nSPS) is 9.65. The molecule has 3 nitrogen and oxygen atoms in total. The summed E-state index contributed by atoms with van der Waals surface area (Å²) in [6.07, 6.45) is 5.39. The molecule has 1 amide bonds. The zero-order chi connectivity index (χ0) is 13.5. The van der Waals surface area contributed by atoms with Crippen molar-refractivity contribution in [1.29, 1.82) is 0 Å². The lowest BCUT2D eigenvalue weighted by atomic mass is 10.1. The molecule has 0 radical (unpaired) electrons. The van der Waals surface area contributed by atoms with E-state index in [0.29, 0.717) is 6.42 Å². The Balaban J connectivity index is 0. The van der Waals surface area contributed by atoms with Gasteiger partial charge in [-0.05, 0) is 32.5 Å². The van der Waals surface area contributed by atoms with Crippen molar-refractivity contribution in [3.63, 3.8) is 0 Å². The third kappa shape index (κ3) is 13.1. The Morgan fingerprint density at radius 2 is 1.59 bits per heavy atom. The summed E-state index contributed by atoms with van der Waals surface area (Å²) in [7, 11) is 1.70. The molecular weight excluding hydrogens is 212 g/mol. The highest BCUT2D eigenvalue weighted by Crippen LogP contribution is 2.04. The van der Waals surface area contributed by atoms with Gasteiger partial charge in [0.1, 0.15) is 0 Å². The predicted molar refractivity (Wildman–Crippen MR) is 76.2 cm³/mol. The molecule has 0 aromatic rings. The van der Waals surface area contributed by atoms with Crippen LogP contribution in [0.1, 0.15) is 46.0 Å². The summed E-state index contributed by atoms with van der Waals surface area (Å²) in [4.78, 5) is 13.4. The van der Waals surface area contributed by atoms with Gasteiger partial charge in [0.05, 0.1) is 0 Å². The molecule has 1 N–H and O–H groups in total. The molecule has 0 fully saturated rings. The summed E-state index contributed by atoms with van der Waals surface area (Å²) < 4.78 is 0. The molecule has 0 bridgehead atoms. The van der Waals surface area contributed by atoms with E-state index in [2.05, 4.69) is 37.2 Å². The van der Waals surface area contributed by atoms with Gasteiger partial charge in [0, 0.05) is 13.5 Å². The zero-order valence-corrected chi connectivity index (χ0v) is 11.9. The molecule has 0 aromatic heterocycles. The minimum Gasteiger partial charge on any atom is -0.359 e. The molecule has 0 heterocycles. The van der Waals surface area contributed by atoms with Crippen LogP contribution in [0.4, 0.5) is 0 Å². The van der Waals surface area contributed by atoms with Crippen LogP contribution in [0.15, 0.2) is 13.2 Å². The third-order valence-corrected chi connectivity index (χ3v) is 2.80. The molecular formula is C14H30N2O. The third-order valence-electron chi connectivity index (χ3n) is 2.80. The Kier molecular flexibility index (Phi) is 16.5. The van der Waals surface area contributed by atoms with Crippen molar-refractivity contribution in [2.45, 2.75) is 46.0 Å². The van der Waals surface area contributed by atoms with Crippen LogP contribution in [0.25, 0.3) is 0 Å².